The maximum Gasteiger partial charge on any atom is 0.271 e. The zero-order chi connectivity index (χ0) is 24.5. The summed E-state index contributed by atoms with van der Waals surface area (Å²) in [5, 5.41) is 11.4. The van der Waals surface area contributed by atoms with Crippen molar-refractivity contribution < 1.29 is 9.72 Å². The van der Waals surface area contributed by atoms with Gasteiger partial charge in [0.05, 0.1) is 32.8 Å². The van der Waals surface area contributed by atoms with Crippen molar-refractivity contribution in [3.63, 3.8) is 0 Å². The number of benzene rings is 1. The van der Waals surface area contributed by atoms with Gasteiger partial charge in [0.2, 0.25) is 5.91 Å². The Hall–Kier alpha value is -2.57. The Morgan fingerprint density at radius 1 is 1.03 bits per heavy atom. The summed E-state index contributed by atoms with van der Waals surface area (Å²) in [6, 6.07) is 4.92. The molecule has 7 nitrogen and oxygen atoms in total. The van der Waals surface area contributed by atoms with Crippen LogP contribution in [0.1, 0.15) is 85.0 Å². The normalized spacial score (nSPS) is 36.6. The second-order valence-corrected chi connectivity index (χ2v) is 13.4. The minimum Gasteiger partial charge on any atom is -0.338 e. The molecule has 7 heteroatoms. The van der Waals surface area contributed by atoms with E-state index in [2.05, 4.69) is 46.4 Å². The molecule has 4 unspecified atom stereocenters. The van der Waals surface area contributed by atoms with Gasteiger partial charge in [0.25, 0.3) is 5.69 Å². The van der Waals surface area contributed by atoms with Crippen molar-refractivity contribution >= 4 is 22.6 Å². The van der Waals surface area contributed by atoms with E-state index in [0.717, 1.165) is 50.0 Å². The number of nitrogens with zero attached hydrogens (tertiary/aromatic N) is 4. The van der Waals surface area contributed by atoms with Crippen molar-refractivity contribution in [2.24, 2.45) is 16.2 Å². The minimum absolute atomic E-state index is 0.000693. The van der Waals surface area contributed by atoms with Crippen molar-refractivity contribution in [1.29, 1.82) is 0 Å². The van der Waals surface area contributed by atoms with Gasteiger partial charge in [-0.15, -0.1) is 0 Å². The number of nitro groups is 1. The van der Waals surface area contributed by atoms with Crippen LogP contribution in [-0.4, -0.2) is 38.3 Å². The lowest BCUT2D eigenvalue weighted by Crippen LogP contribution is -2.54. The zero-order valence-electron chi connectivity index (χ0n) is 21.1. The van der Waals surface area contributed by atoms with Gasteiger partial charge in [-0.3, -0.25) is 14.9 Å². The molecule has 1 aromatic carbocycles. The Morgan fingerprint density at radius 3 is 2.44 bits per heavy atom. The summed E-state index contributed by atoms with van der Waals surface area (Å²) in [4.78, 5) is 37.9. The van der Waals surface area contributed by atoms with Crippen LogP contribution in [0.3, 0.4) is 0 Å². The second kappa shape index (κ2) is 6.16. The first kappa shape index (κ1) is 21.9. The van der Waals surface area contributed by atoms with Crippen molar-refractivity contribution in [3.8, 4) is 0 Å². The van der Waals surface area contributed by atoms with Crippen LogP contribution in [0.2, 0.25) is 0 Å². The summed E-state index contributed by atoms with van der Waals surface area (Å²) in [5.74, 6) is 0.200. The van der Waals surface area contributed by atoms with Gasteiger partial charge in [0, 0.05) is 30.1 Å². The third-order valence-corrected chi connectivity index (χ3v) is 10.3. The standard InChI is InChI=1S/C27H34N4O3/c1-23(2)12-17-13-25(5,14-23)15-30(17)22(32)27-10-9-26(6,24(27,3)4)20-21(27)29-19-11-16(31(33)34)7-8-18(19)28-20/h7-8,11,17H,9-10,12-15H2,1-6H3. The molecule has 2 aromatic rings. The van der Waals surface area contributed by atoms with Crippen LogP contribution in [0.15, 0.2) is 18.2 Å². The third-order valence-electron chi connectivity index (χ3n) is 10.3. The van der Waals surface area contributed by atoms with Gasteiger partial charge < -0.3 is 4.90 Å². The van der Waals surface area contributed by atoms with E-state index in [1.807, 2.05) is 0 Å². The Balaban J connectivity index is 1.53. The molecule has 34 heavy (non-hydrogen) atoms. The second-order valence-electron chi connectivity index (χ2n) is 13.4. The molecule has 1 saturated heterocycles. The van der Waals surface area contributed by atoms with Crippen molar-refractivity contribution in [1.82, 2.24) is 14.9 Å². The summed E-state index contributed by atoms with van der Waals surface area (Å²) in [7, 11) is 0. The quantitative estimate of drug-likeness (QED) is 0.447. The number of fused-ring (bicyclic) bond motifs is 8. The molecule has 0 radical (unpaired) electrons. The van der Waals surface area contributed by atoms with E-state index in [1.165, 1.54) is 12.1 Å². The van der Waals surface area contributed by atoms with Gasteiger partial charge in [-0.05, 0) is 54.4 Å². The number of nitro benzene ring substituents is 1. The molecule has 4 atom stereocenters. The number of likely N-dealkylation sites (tertiary alicyclic amines) is 1. The van der Waals surface area contributed by atoms with Crippen LogP contribution in [0.4, 0.5) is 5.69 Å². The van der Waals surface area contributed by atoms with E-state index in [9.17, 15) is 14.9 Å². The lowest BCUT2D eigenvalue weighted by Gasteiger charge is -2.43. The van der Waals surface area contributed by atoms with Gasteiger partial charge in [-0.2, -0.15) is 0 Å². The maximum atomic E-state index is 14.7. The minimum atomic E-state index is -0.749. The van der Waals surface area contributed by atoms with Crippen molar-refractivity contribution in [2.75, 3.05) is 6.54 Å². The Kier molecular flexibility index (Phi) is 3.97. The first-order valence-electron chi connectivity index (χ1n) is 12.5. The fraction of sp³-hybridized carbons (Fsp3) is 0.667. The summed E-state index contributed by atoms with van der Waals surface area (Å²) in [6.45, 7) is 14.4. The fourth-order valence-electron chi connectivity index (χ4n) is 8.62. The highest BCUT2D eigenvalue weighted by Crippen LogP contribution is 2.71. The predicted molar refractivity (Wildman–Crippen MR) is 129 cm³/mol. The molecular formula is C27H34N4O3. The van der Waals surface area contributed by atoms with Crippen LogP contribution >= 0.6 is 0 Å². The number of rotatable bonds is 2. The van der Waals surface area contributed by atoms with E-state index in [4.69, 9.17) is 9.97 Å². The fourth-order valence-corrected chi connectivity index (χ4v) is 8.62. The SMILES string of the molecule is CC1(C)CC2CC(C)(CN2C(=O)C23CCC(C)(c4nc5ccc([N+](=O)[O-])cc5nc42)C3(C)C)C1. The van der Waals surface area contributed by atoms with Gasteiger partial charge >= 0.3 is 0 Å². The van der Waals surface area contributed by atoms with Gasteiger partial charge in [0.1, 0.15) is 0 Å². The van der Waals surface area contributed by atoms with Crippen LogP contribution < -0.4 is 0 Å². The van der Waals surface area contributed by atoms with Crippen LogP contribution in [0.25, 0.3) is 11.0 Å². The number of hydrogen-bond acceptors (Lipinski definition) is 5. The molecule has 0 N–H and O–H groups in total. The molecule has 1 aliphatic heterocycles. The number of amides is 1. The first-order valence-corrected chi connectivity index (χ1v) is 12.5. The predicted octanol–water partition coefficient (Wildman–Crippen LogP) is 5.29. The smallest absolute Gasteiger partial charge is 0.271 e. The third kappa shape index (κ3) is 2.46. The van der Waals surface area contributed by atoms with Crippen molar-refractivity contribution in [3.05, 3.63) is 39.7 Å². The number of carbonyl (C=O) groups is 1. The summed E-state index contributed by atoms with van der Waals surface area (Å²) in [6.07, 6.45) is 4.88. The number of carbonyl (C=O) groups excluding carboxylic acids is 1. The monoisotopic (exact) mass is 462 g/mol. The van der Waals surface area contributed by atoms with Gasteiger partial charge in [0.15, 0.2) is 0 Å². The summed E-state index contributed by atoms with van der Waals surface area (Å²) in [5.41, 5.74) is 1.84. The molecule has 4 aliphatic rings. The highest BCUT2D eigenvalue weighted by molar-refractivity contribution is 5.93. The van der Waals surface area contributed by atoms with Gasteiger partial charge in [-0.1, -0.05) is 41.5 Å². The summed E-state index contributed by atoms with van der Waals surface area (Å²) < 4.78 is 0. The Bertz CT molecular complexity index is 1290. The van der Waals surface area contributed by atoms with E-state index < -0.39 is 10.3 Å². The molecule has 3 aliphatic carbocycles. The van der Waals surface area contributed by atoms with E-state index in [1.54, 1.807) is 6.07 Å². The molecule has 1 amide bonds. The van der Waals surface area contributed by atoms with Crippen LogP contribution in [0, 0.1) is 26.4 Å². The molecule has 2 heterocycles. The molecule has 4 bridgehead atoms. The highest BCUT2D eigenvalue weighted by atomic mass is 16.6. The molecule has 3 fully saturated rings. The zero-order valence-corrected chi connectivity index (χ0v) is 21.1. The first-order chi connectivity index (χ1) is 15.7. The van der Waals surface area contributed by atoms with Crippen LogP contribution in [-0.2, 0) is 15.6 Å². The molecule has 6 rings (SSSR count). The Morgan fingerprint density at radius 2 is 1.74 bits per heavy atom. The van der Waals surface area contributed by atoms with Gasteiger partial charge in [-0.25, -0.2) is 9.97 Å². The number of hydrogen-bond donors (Lipinski definition) is 0. The summed E-state index contributed by atoms with van der Waals surface area (Å²) >= 11 is 0. The lowest BCUT2D eigenvalue weighted by molar-refractivity contribution is -0.384. The average Bonchev–Trinajstić information content (AvgIpc) is 3.17. The average molecular weight is 463 g/mol. The maximum absolute atomic E-state index is 14.7. The van der Waals surface area contributed by atoms with E-state index >= 15 is 0 Å². The topological polar surface area (TPSA) is 89.2 Å². The Labute approximate surface area is 200 Å². The molecule has 1 aromatic heterocycles. The number of aromatic nitrogens is 2. The number of non-ortho nitro benzene ring substituents is 1. The van der Waals surface area contributed by atoms with Crippen molar-refractivity contribution in [2.45, 2.75) is 90.5 Å². The van der Waals surface area contributed by atoms with E-state index in [0.29, 0.717) is 11.0 Å². The van der Waals surface area contributed by atoms with Crippen LogP contribution in [0.5, 0.6) is 0 Å². The van der Waals surface area contributed by atoms with E-state index in [-0.39, 0.29) is 39.3 Å². The molecular weight excluding hydrogens is 428 g/mol. The highest BCUT2D eigenvalue weighted by Gasteiger charge is 2.74. The lowest BCUT2D eigenvalue weighted by atomic mass is 9.63. The molecule has 180 valence electrons. The molecule has 2 saturated carbocycles. The largest absolute Gasteiger partial charge is 0.338 e. The molecule has 0 spiro atoms.